The lowest BCUT2D eigenvalue weighted by Crippen LogP contribution is -2.42. The molecule has 9 heteroatoms. The predicted octanol–water partition coefficient (Wildman–Crippen LogP) is 1.64. The summed E-state index contributed by atoms with van der Waals surface area (Å²) in [6, 6.07) is 9.30. The second-order valence-electron chi connectivity index (χ2n) is 6.57. The summed E-state index contributed by atoms with van der Waals surface area (Å²) in [6.07, 6.45) is 4.15. The number of hydrazine groups is 1. The van der Waals surface area contributed by atoms with Crippen LogP contribution < -0.4 is 10.9 Å². The molecule has 1 fully saturated rings. The first-order chi connectivity index (χ1) is 13.4. The summed E-state index contributed by atoms with van der Waals surface area (Å²) in [5.74, 6) is -1.18. The Morgan fingerprint density at radius 2 is 1.71 bits per heavy atom. The molecule has 2 aromatic rings. The van der Waals surface area contributed by atoms with Crippen LogP contribution in [0.15, 0.2) is 47.5 Å². The molecule has 8 nitrogen and oxygen atoms in total. The summed E-state index contributed by atoms with van der Waals surface area (Å²) in [7, 11) is -3.67. The molecular weight excluding hydrogens is 380 g/mol. The molecule has 1 aromatic heterocycles. The van der Waals surface area contributed by atoms with Crippen molar-refractivity contribution < 1.29 is 18.0 Å². The van der Waals surface area contributed by atoms with E-state index >= 15 is 0 Å². The number of aromatic nitrogens is 1. The van der Waals surface area contributed by atoms with Crippen LogP contribution in [0.1, 0.15) is 45.7 Å². The van der Waals surface area contributed by atoms with Crippen molar-refractivity contribution in [1.82, 2.24) is 20.1 Å². The SMILES string of the molecule is Cc1ccc(C(=O)NNC(=O)c2ccccn2)cc1S(=O)(=O)N1CCCCC1. The van der Waals surface area contributed by atoms with Gasteiger partial charge < -0.3 is 0 Å². The highest BCUT2D eigenvalue weighted by Crippen LogP contribution is 2.24. The Balaban J connectivity index is 1.75. The summed E-state index contributed by atoms with van der Waals surface area (Å²) in [5.41, 5.74) is 5.42. The molecule has 2 amide bonds. The van der Waals surface area contributed by atoms with Crippen molar-refractivity contribution in [1.29, 1.82) is 0 Å². The van der Waals surface area contributed by atoms with E-state index in [1.807, 2.05) is 0 Å². The standard InChI is InChI=1S/C19H22N4O4S/c1-14-8-9-15(13-17(14)28(26,27)23-11-5-2-6-12-23)18(24)21-22-19(25)16-7-3-4-10-20-16/h3-4,7-10,13H,2,5-6,11-12H2,1H3,(H,21,24)(H,22,25). The van der Waals surface area contributed by atoms with Crippen LogP contribution in [0.4, 0.5) is 0 Å². The third-order valence-corrected chi connectivity index (χ3v) is 6.61. The maximum Gasteiger partial charge on any atom is 0.288 e. The van der Waals surface area contributed by atoms with E-state index in [4.69, 9.17) is 0 Å². The Morgan fingerprint density at radius 1 is 1.00 bits per heavy atom. The van der Waals surface area contributed by atoms with Gasteiger partial charge in [-0.15, -0.1) is 0 Å². The summed E-state index contributed by atoms with van der Waals surface area (Å²) < 4.78 is 27.4. The lowest BCUT2D eigenvalue weighted by atomic mass is 10.1. The monoisotopic (exact) mass is 402 g/mol. The molecule has 1 saturated heterocycles. The van der Waals surface area contributed by atoms with Crippen LogP contribution in [-0.2, 0) is 10.0 Å². The molecule has 3 rings (SSSR count). The number of carbonyl (C=O) groups is 2. The van der Waals surface area contributed by atoms with E-state index in [2.05, 4.69) is 15.8 Å². The van der Waals surface area contributed by atoms with Crippen LogP contribution in [0.3, 0.4) is 0 Å². The van der Waals surface area contributed by atoms with Crippen molar-refractivity contribution in [3.05, 3.63) is 59.4 Å². The maximum absolute atomic E-state index is 13.0. The molecule has 28 heavy (non-hydrogen) atoms. The van der Waals surface area contributed by atoms with Crippen molar-refractivity contribution in [2.45, 2.75) is 31.1 Å². The third-order valence-electron chi connectivity index (χ3n) is 4.57. The molecule has 2 N–H and O–H groups in total. The van der Waals surface area contributed by atoms with Gasteiger partial charge in [-0.1, -0.05) is 18.6 Å². The smallest absolute Gasteiger partial charge is 0.267 e. The van der Waals surface area contributed by atoms with E-state index in [1.54, 1.807) is 25.1 Å². The van der Waals surface area contributed by atoms with Gasteiger partial charge in [-0.2, -0.15) is 4.31 Å². The third kappa shape index (κ3) is 4.37. The summed E-state index contributed by atoms with van der Waals surface area (Å²) in [5, 5.41) is 0. The Hall–Kier alpha value is -2.78. The molecule has 148 valence electrons. The average Bonchev–Trinajstić information content (AvgIpc) is 2.73. The Kier molecular flexibility index (Phi) is 6.05. The number of sulfonamides is 1. The minimum atomic E-state index is -3.67. The second kappa shape index (κ2) is 8.49. The highest BCUT2D eigenvalue weighted by molar-refractivity contribution is 7.89. The first kappa shape index (κ1) is 20.0. The number of benzene rings is 1. The van der Waals surface area contributed by atoms with Gasteiger partial charge >= 0.3 is 0 Å². The number of nitrogens with one attached hydrogen (secondary N) is 2. The summed E-state index contributed by atoms with van der Waals surface area (Å²) >= 11 is 0. The van der Waals surface area contributed by atoms with Crippen molar-refractivity contribution >= 4 is 21.8 Å². The number of nitrogens with zero attached hydrogens (tertiary/aromatic N) is 2. The number of aryl methyl sites for hydroxylation is 1. The first-order valence-electron chi connectivity index (χ1n) is 9.02. The number of pyridine rings is 1. The molecule has 1 aliphatic rings. The molecule has 0 bridgehead atoms. The first-order valence-corrected chi connectivity index (χ1v) is 10.5. The summed E-state index contributed by atoms with van der Waals surface area (Å²) in [6.45, 7) is 2.66. The Bertz CT molecular complexity index is 971. The minimum absolute atomic E-state index is 0.109. The van der Waals surface area contributed by atoms with Crippen LogP contribution in [0.2, 0.25) is 0 Å². The second-order valence-corrected chi connectivity index (χ2v) is 8.47. The van der Waals surface area contributed by atoms with E-state index < -0.39 is 21.8 Å². The van der Waals surface area contributed by atoms with Crippen molar-refractivity contribution in [3.8, 4) is 0 Å². The molecule has 0 spiro atoms. The molecule has 0 radical (unpaired) electrons. The molecule has 2 heterocycles. The molecule has 0 unspecified atom stereocenters. The quantitative estimate of drug-likeness (QED) is 0.756. The zero-order valence-electron chi connectivity index (χ0n) is 15.5. The molecule has 0 atom stereocenters. The molecule has 0 aliphatic carbocycles. The van der Waals surface area contributed by atoms with Crippen LogP contribution in [0.25, 0.3) is 0 Å². The highest BCUT2D eigenvalue weighted by atomic mass is 32.2. The fraction of sp³-hybridized carbons (Fsp3) is 0.316. The number of rotatable bonds is 4. The normalized spacial score (nSPS) is 15.0. The zero-order chi connectivity index (χ0) is 20.1. The van der Waals surface area contributed by atoms with Gasteiger partial charge in [0.15, 0.2) is 0 Å². The van der Waals surface area contributed by atoms with Gasteiger partial charge in [0.1, 0.15) is 5.69 Å². The maximum atomic E-state index is 13.0. The topological polar surface area (TPSA) is 108 Å². The average molecular weight is 402 g/mol. The molecule has 0 saturated carbocycles. The number of hydrogen-bond donors (Lipinski definition) is 2. The number of piperidine rings is 1. The van der Waals surface area contributed by atoms with E-state index in [0.717, 1.165) is 19.3 Å². The fourth-order valence-corrected chi connectivity index (χ4v) is 4.78. The predicted molar refractivity (Wildman–Crippen MR) is 103 cm³/mol. The van der Waals surface area contributed by atoms with Gasteiger partial charge in [0.2, 0.25) is 10.0 Å². The van der Waals surface area contributed by atoms with Crippen molar-refractivity contribution in [2.75, 3.05) is 13.1 Å². The zero-order valence-corrected chi connectivity index (χ0v) is 16.3. The van der Waals surface area contributed by atoms with Gasteiger partial charge in [0.05, 0.1) is 4.90 Å². The summed E-state index contributed by atoms with van der Waals surface area (Å²) in [4.78, 5) is 28.4. The van der Waals surface area contributed by atoms with Crippen LogP contribution in [0, 0.1) is 6.92 Å². The molecular formula is C19H22N4O4S. The van der Waals surface area contributed by atoms with E-state index in [-0.39, 0.29) is 16.2 Å². The Morgan fingerprint density at radius 3 is 2.39 bits per heavy atom. The Labute approximate surface area is 164 Å². The molecule has 1 aromatic carbocycles. The fourth-order valence-electron chi connectivity index (χ4n) is 3.01. The largest absolute Gasteiger partial charge is 0.288 e. The van der Waals surface area contributed by atoms with E-state index in [1.165, 1.54) is 28.7 Å². The van der Waals surface area contributed by atoms with Gasteiger partial charge in [-0.3, -0.25) is 25.4 Å². The van der Waals surface area contributed by atoms with Gasteiger partial charge in [-0.05, 0) is 49.6 Å². The number of carbonyl (C=O) groups excluding carboxylic acids is 2. The van der Waals surface area contributed by atoms with Crippen LogP contribution >= 0.6 is 0 Å². The lowest BCUT2D eigenvalue weighted by molar-refractivity contribution is 0.0844. The van der Waals surface area contributed by atoms with Gasteiger partial charge in [-0.25, -0.2) is 8.42 Å². The highest BCUT2D eigenvalue weighted by Gasteiger charge is 2.28. The van der Waals surface area contributed by atoms with Crippen molar-refractivity contribution in [2.24, 2.45) is 0 Å². The van der Waals surface area contributed by atoms with Gasteiger partial charge in [0, 0.05) is 24.8 Å². The van der Waals surface area contributed by atoms with Gasteiger partial charge in [0.25, 0.3) is 11.8 Å². The number of amides is 2. The lowest BCUT2D eigenvalue weighted by Gasteiger charge is -2.26. The van der Waals surface area contributed by atoms with Crippen LogP contribution in [-0.4, -0.2) is 42.6 Å². The van der Waals surface area contributed by atoms with E-state index in [0.29, 0.717) is 18.7 Å². The van der Waals surface area contributed by atoms with E-state index in [9.17, 15) is 18.0 Å². The minimum Gasteiger partial charge on any atom is -0.267 e. The molecule has 1 aliphatic heterocycles. The van der Waals surface area contributed by atoms with Crippen molar-refractivity contribution in [3.63, 3.8) is 0 Å². The number of hydrogen-bond acceptors (Lipinski definition) is 5. The van der Waals surface area contributed by atoms with Crippen LogP contribution in [0.5, 0.6) is 0 Å².